The molecule has 0 aliphatic heterocycles. The molecule has 0 bridgehead atoms. The zero-order valence-corrected chi connectivity index (χ0v) is 34.5. The first-order chi connectivity index (χ1) is 25.4. The molecule has 0 aromatic heterocycles. The van der Waals surface area contributed by atoms with Crippen molar-refractivity contribution < 1.29 is 38.0 Å². The summed E-state index contributed by atoms with van der Waals surface area (Å²) in [5, 5.41) is 23.6. The SMILES string of the molecule is CC/C=C\C/C=C\CC(O)/C=C/C=C\C/C=C\C/C=C\CCC(=O)N[C@@H](COP(=O)(O)OCC[N+](C)(C)C)[C@H](O)/C=C/CC/C=C\CCCCCCC. The van der Waals surface area contributed by atoms with Gasteiger partial charge >= 0.3 is 7.82 Å². The number of likely N-dealkylation sites (N-methyl/N-ethyl adjacent to an activating group) is 1. The number of nitrogens with one attached hydrogen (secondary N) is 1. The minimum absolute atomic E-state index is 0.0275. The fourth-order valence-corrected chi connectivity index (χ4v) is 5.43. The van der Waals surface area contributed by atoms with Crippen molar-refractivity contribution in [2.24, 2.45) is 0 Å². The number of quaternary nitrogens is 1. The lowest BCUT2D eigenvalue weighted by Crippen LogP contribution is -2.45. The van der Waals surface area contributed by atoms with E-state index in [0.717, 1.165) is 44.9 Å². The first-order valence-electron chi connectivity index (χ1n) is 19.7. The highest BCUT2D eigenvalue weighted by atomic mass is 31.2. The fraction of sp³-hybridized carbons (Fsp3) is 0.605. The number of phosphoric ester groups is 1. The number of aliphatic hydroxyl groups excluding tert-OH is 2. The first-order valence-corrected chi connectivity index (χ1v) is 21.2. The Balaban J connectivity index is 4.75. The Kier molecular flexibility index (Phi) is 32.2. The Labute approximate surface area is 322 Å². The van der Waals surface area contributed by atoms with Gasteiger partial charge in [-0.3, -0.25) is 13.8 Å². The van der Waals surface area contributed by atoms with Crippen molar-refractivity contribution in [2.75, 3.05) is 40.9 Å². The average molecular weight is 762 g/mol. The van der Waals surface area contributed by atoms with Crippen LogP contribution in [-0.4, -0.2) is 84.6 Å². The topological polar surface area (TPSA) is 125 Å². The Morgan fingerprint density at radius 1 is 0.717 bits per heavy atom. The molecule has 0 aliphatic carbocycles. The number of phosphoric acid groups is 1. The van der Waals surface area contributed by atoms with Gasteiger partial charge < -0.3 is 24.9 Å². The fourth-order valence-electron chi connectivity index (χ4n) is 4.69. The number of rotatable bonds is 33. The number of unbranched alkanes of at least 4 members (excludes halogenated alkanes) is 6. The zero-order valence-electron chi connectivity index (χ0n) is 33.6. The highest BCUT2D eigenvalue weighted by Gasteiger charge is 2.27. The van der Waals surface area contributed by atoms with Gasteiger partial charge in [0, 0.05) is 6.42 Å². The molecule has 0 saturated heterocycles. The summed E-state index contributed by atoms with van der Waals surface area (Å²) in [6.07, 6.45) is 43.8. The Bertz CT molecular complexity index is 1200. The van der Waals surface area contributed by atoms with Crippen molar-refractivity contribution in [3.8, 4) is 0 Å². The van der Waals surface area contributed by atoms with E-state index in [1.807, 2.05) is 69.8 Å². The number of carbonyl (C=O) groups excluding carboxylic acids is 1. The Hall–Kier alpha value is -2.62. The highest BCUT2D eigenvalue weighted by molar-refractivity contribution is 7.47. The van der Waals surface area contributed by atoms with E-state index in [1.165, 1.54) is 32.1 Å². The van der Waals surface area contributed by atoms with Crippen molar-refractivity contribution in [3.05, 3.63) is 97.2 Å². The van der Waals surface area contributed by atoms with Gasteiger partial charge in [0.2, 0.25) is 5.91 Å². The smallest absolute Gasteiger partial charge is 0.389 e. The van der Waals surface area contributed by atoms with Gasteiger partial charge in [-0.2, -0.15) is 0 Å². The number of allylic oxidation sites excluding steroid dienone is 13. The van der Waals surface area contributed by atoms with Gasteiger partial charge in [-0.1, -0.05) is 137 Å². The lowest BCUT2D eigenvalue weighted by atomic mass is 10.1. The van der Waals surface area contributed by atoms with Crippen molar-refractivity contribution in [1.29, 1.82) is 0 Å². The van der Waals surface area contributed by atoms with Crippen LogP contribution >= 0.6 is 7.82 Å². The van der Waals surface area contributed by atoms with E-state index in [1.54, 1.807) is 12.2 Å². The van der Waals surface area contributed by atoms with E-state index >= 15 is 0 Å². The normalized spacial score (nSPS) is 16.2. The van der Waals surface area contributed by atoms with E-state index in [0.29, 0.717) is 23.9 Å². The molecule has 0 fully saturated rings. The molecule has 0 rings (SSSR count). The van der Waals surface area contributed by atoms with E-state index in [9.17, 15) is 24.5 Å². The lowest BCUT2D eigenvalue weighted by Gasteiger charge is -2.25. The number of aliphatic hydroxyl groups is 2. The Morgan fingerprint density at radius 3 is 2.06 bits per heavy atom. The van der Waals surface area contributed by atoms with Gasteiger partial charge in [0.05, 0.1) is 46.0 Å². The average Bonchev–Trinajstić information content (AvgIpc) is 3.10. The van der Waals surface area contributed by atoms with Crippen molar-refractivity contribution in [2.45, 2.75) is 128 Å². The lowest BCUT2D eigenvalue weighted by molar-refractivity contribution is -0.870. The number of hydrogen-bond acceptors (Lipinski definition) is 6. The molecule has 0 aliphatic rings. The van der Waals surface area contributed by atoms with Crippen molar-refractivity contribution >= 4 is 13.7 Å². The van der Waals surface area contributed by atoms with Crippen LogP contribution in [0.3, 0.4) is 0 Å². The van der Waals surface area contributed by atoms with Crippen LogP contribution in [0.4, 0.5) is 0 Å². The number of amides is 1. The molecule has 4 N–H and O–H groups in total. The third kappa shape index (κ3) is 36.1. The summed E-state index contributed by atoms with van der Waals surface area (Å²) in [4.78, 5) is 23.0. The van der Waals surface area contributed by atoms with Gasteiger partial charge in [-0.25, -0.2) is 4.57 Å². The van der Waals surface area contributed by atoms with Crippen LogP contribution in [-0.2, 0) is 18.4 Å². The van der Waals surface area contributed by atoms with Crippen LogP contribution in [0.15, 0.2) is 97.2 Å². The first kappa shape index (κ1) is 50.4. The summed E-state index contributed by atoms with van der Waals surface area (Å²) in [7, 11) is 1.45. The van der Waals surface area contributed by atoms with E-state index in [-0.39, 0.29) is 25.5 Å². The maximum atomic E-state index is 12.8. The second kappa shape index (κ2) is 33.9. The summed E-state index contributed by atoms with van der Waals surface area (Å²) in [6.45, 7) is 4.47. The molecule has 9 nitrogen and oxygen atoms in total. The van der Waals surface area contributed by atoms with Gasteiger partial charge in [-0.15, -0.1) is 0 Å². The van der Waals surface area contributed by atoms with Crippen LogP contribution in [0.2, 0.25) is 0 Å². The standard InChI is InChI=1S/C43H73N2O7P/c1-6-8-10-12-14-15-16-20-23-27-31-35-42(47)41(39-52-53(49,50)51-38-37-45(3,4)5)44-43(48)36-32-28-24-21-18-17-19-22-26-30-34-40(46)33-29-25-13-11-9-7-2/h9,11,16-18,20,22,24-26,28-31,34-35,40-42,46-47H,6-8,10,12-15,19,21,23,27,32-33,36-39H2,1-5H3,(H-,44,48,49,50)/p+1/b11-9-,18-17-,20-16-,26-22-,28-24-,29-25-,34-30+,35-31+/t40?,41-,42+/m0/s1. The van der Waals surface area contributed by atoms with E-state index in [4.69, 9.17) is 9.05 Å². The summed E-state index contributed by atoms with van der Waals surface area (Å²) in [6, 6.07) is -0.923. The molecule has 0 heterocycles. The van der Waals surface area contributed by atoms with Crippen LogP contribution in [0, 0.1) is 0 Å². The molecule has 53 heavy (non-hydrogen) atoms. The molecule has 302 valence electrons. The maximum Gasteiger partial charge on any atom is 0.472 e. The molecule has 1 amide bonds. The van der Waals surface area contributed by atoms with Crippen LogP contribution in [0.1, 0.15) is 110 Å². The van der Waals surface area contributed by atoms with Crippen LogP contribution < -0.4 is 5.32 Å². The molecule has 0 aromatic carbocycles. The maximum absolute atomic E-state index is 12.8. The number of carbonyl (C=O) groups is 1. The van der Waals surface area contributed by atoms with Crippen molar-refractivity contribution in [3.63, 3.8) is 0 Å². The summed E-state index contributed by atoms with van der Waals surface area (Å²) in [5.74, 6) is -0.296. The predicted molar refractivity (Wildman–Crippen MR) is 222 cm³/mol. The third-order valence-electron chi connectivity index (χ3n) is 7.88. The molecule has 0 aromatic rings. The molecule has 0 spiro atoms. The second-order valence-corrected chi connectivity index (χ2v) is 15.6. The molecular weight excluding hydrogens is 687 g/mol. The van der Waals surface area contributed by atoms with E-state index < -0.39 is 26.1 Å². The van der Waals surface area contributed by atoms with Crippen molar-refractivity contribution in [1.82, 2.24) is 5.32 Å². The zero-order chi connectivity index (χ0) is 39.5. The van der Waals surface area contributed by atoms with Gasteiger partial charge in [0.15, 0.2) is 0 Å². The van der Waals surface area contributed by atoms with Gasteiger partial charge in [-0.05, 0) is 64.2 Å². The number of hydrogen-bond donors (Lipinski definition) is 4. The number of nitrogens with zero attached hydrogens (tertiary/aromatic N) is 1. The summed E-state index contributed by atoms with van der Waals surface area (Å²) >= 11 is 0. The molecule has 10 heteroatoms. The monoisotopic (exact) mass is 762 g/mol. The molecular formula is C43H74N2O7P+. The third-order valence-corrected chi connectivity index (χ3v) is 8.87. The quantitative estimate of drug-likeness (QED) is 0.0173. The van der Waals surface area contributed by atoms with Gasteiger partial charge in [0.25, 0.3) is 0 Å². The van der Waals surface area contributed by atoms with Gasteiger partial charge in [0.1, 0.15) is 13.2 Å². The highest BCUT2D eigenvalue weighted by Crippen LogP contribution is 2.43. The summed E-state index contributed by atoms with van der Waals surface area (Å²) < 4.78 is 23.4. The summed E-state index contributed by atoms with van der Waals surface area (Å²) in [5.41, 5.74) is 0. The second-order valence-electron chi connectivity index (χ2n) is 14.1. The minimum Gasteiger partial charge on any atom is -0.389 e. The van der Waals surface area contributed by atoms with Crippen LogP contribution in [0.25, 0.3) is 0 Å². The van der Waals surface area contributed by atoms with E-state index in [2.05, 4.69) is 55.6 Å². The molecule has 4 atom stereocenters. The minimum atomic E-state index is -4.38. The molecule has 0 saturated carbocycles. The van der Waals surface area contributed by atoms with Crippen LogP contribution in [0.5, 0.6) is 0 Å². The Morgan fingerprint density at radius 2 is 1.34 bits per heavy atom. The molecule has 0 radical (unpaired) electrons. The molecule has 2 unspecified atom stereocenters. The predicted octanol–water partition coefficient (Wildman–Crippen LogP) is 9.37. The largest absolute Gasteiger partial charge is 0.472 e.